The standard InChI is InChI=1S/C20H28O6/c1-3-25-19(23)15-12-13(8-7-11-16(15)21)14-9-5-6-10-17(22)18(14)20(24)26-4-2/h12,14,18,21H,3-11H2,1-2H3. The molecule has 6 heteroatoms. The molecule has 0 heterocycles. The first-order chi connectivity index (χ1) is 12.5. The van der Waals surface area contributed by atoms with Gasteiger partial charge >= 0.3 is 11.9 Å². The lowest BCUT2D eigenvalue weighted by Crippen LogP contribution is -2.33. The highest BCUT2D eigenvalue weighted by atomic mass is 16.5. The number of ether oxygens (including phenoxy) is 2. The van der Waals surface area contributed by atoms with E-state index >= 15 is 0 Å². The van der Waals surface area contributed by atoms with Crippen LogP contribution in [0.25, 0.3) is 0 Å². The first-order valence-corrected chi connectivity index (χ1v) is 9.48. The monoisotopic (exact) mass is 364 g/mol. The summed E-state index contributed by atoms with van der Waals surface area (Å²) >= 11 is 0. The predicted molar refractivity (Wildman–Crippen MR) is 95.3 cm³/mol. The average Bonchev–Trinajstić information content (AvgIpc) is 2.91. The molecule has 2 aliphatic carbocycles. The molecule has 0 aromatic heterocycles. The molecule has 144 valence electrons. The molecule has 1 N–H and O–H groups in total. The summed E-state index contributed by atoms with van der Waals surface area (Å²) < 4.78 is 10.2. The largest absolute Gasteiger partial charge is 0.511 e. The van der Waals surface area contributed by atoms with Crippen LogP contribution in [0.5, 0.6) is 0 Å². The molecule has 0 bridgehead atoms. The normalized spacial score (nSPS) is 24.4. The Morgan fingerprint density at radius 3 is 2.50 bits per heavy atom. The molecule has 1 fully saturated rings. The third-order valence-electron chi connectivity index (χ3n) is 4.97. The Morgan fingerprint density at radius 2 is 1.81 bits per heavy atom. The molecule has 0 amide bonds. The van der Waals surface area contributed by atoms with Gasteiger partial charge in [-0.25, -0.2) is 4.79 Å². The Hall–Kier alpha value is -2.11. The highest BCUT2D eigenvalue weighted by Crippen LogP contribution is 2.37. The van der Waals surface area contributed by atoms with E-state index in [0.717, 1.165) is 18.4 Å². The van der Waals surface area contributed by atoms with Gasteiger partial charge in [0.15, 0.2) is 0 Å². The molecular weight excluding hydrogens is 336 g/mol. The van der Waals surface area contributed by atoms with Crippen molar-refractivity contribution in [3.05, 3.63) is 23.0 Å². The van der Waals surface area contributed by atoms with Gasteiger partial charge in [-0.05, 0) is 45.6 Å². The number of carbonyl (C=O) groups excluding carboxylic acids is 3. The average molecular weight is 364 g/mol. The molecule has 26 heavy (non-hydrogen) atoms. The summed E-state index contributed by atoms with van der Waals surface area (Å²) in [5.74, 6) is -2.27. The molecule has 0 radical (unpaired) electrons. The highest BCUT2D eigenvalue weighted by molar-refractivity contribution is 6.00. The fraction of sp³-hybridized carbons (Fsp3) is 0.650. The van der Waals surface area contributed by atoms with Gasteiger partial charge in [-0.2, -0.15) is 0 Å². The molecule has 2 unspecified atom stereocenters. The molecule has 0 aliphatic heterocycles. The Balaban J connectivity index is 2.39. The second kappa shape index (κ2) is 9.55. The lowest BCUT2D eigenvalue weighted by molar-refractivity contribution is -0.153. The quantitative estimate of drug-likeness (QED) is 0.457. The summed E-state index contributed by atoms with van der Waals surface area (Å²) in [5.41, 5.74) is 0.990. The lowest BCUT2D eigenvalue weighted by Gasteiger charge is -2.25. The molecular formula is C20H28O6. The van der Waals surface area contributed by atoms with Gasteiger partial charge in [0.05, 0.1) is 18.8 Å². The van der Waals surface area contributed by atoms with Crippen LogP contribution in [-0.4, -0.2) is 36.0 Å². The first-order valence-electron chi connectivity index (χ1n) is 9.48. The number of ketones is 1. The summed E-state index contributed by atoms with van der Waals surface area (Å²) in [7, 11) is 0. The van der Waals surface area contributed by atoms with Crippen LogP contribution in [0.4, 0.5) is 0 Å². The maximum atomic E-state index is 12.6. The van der Waals surface area contributed by atoms with Crippen molar-refractivity contribution in [1.29, 1.82) is 0 Å². The predicted octanol–water partition coefficient (Wildman–Crippen LogP) is 3.41. The van der Waals surface area contributed by atoms with Crippen molar-refractivity contribution in [2.24, 2.45) is 11.8 Å². The zero-order chi connectivity index (χ0) is 19.1. The Bertz CT molecular complexity index is 616. The molecule has 2 aliphatic rings. The molecule has 0 aromatic carbocycles. The van der Waals surface area contributed by atoms with E-state index in [0.29, 0.717) is 32.1 Å². The van der Waals surface area contributed by atoms with E-state index in [4.69, 9.17) is 9.47 Å². The van der Waals surface area contributed by atoms with E-state index in [1.54, 1.807) is 19.9 Å². The number of hydrogen-bond acceptors (Lipinski definition) is 6. The molecule has 1 saturated carbocycles. The summed E-state index contributed by atoms with van der Waals surface area (Å²) in [6.07, 6.45) is 5.95. The van der Waals surface area contributed by atoms with Crippen molar-refractivity contribution in [2.75, 3.05) is 13.2 Å². The minimum absolute atomic E-state index is 0.00563. The van der Waals surface area contributed by atoms with Gasteiger partial charge < -0.3 is 14.6 Å². The number of rotatable bonds is 5. The summed E-state index contributed by atoms with van der Waals surface area (Å²) in [4.78, 5) is 37.2. The van der Waals surface area contributed by atoms with Gasteiger partial charge in [-0.1, -0.05) is 12.0 Å². The lowest BCUT2D eigenvalue weighted by atomic mass is 9.79. The van der Waals surface area contributed by atoms with E-state index in [1.807, 2.05) is 0 Å². The third kappa shape index (κ3) is 4.74. The zero-order valence-corrected chi connectivity index (χ0v) is 15.6. The maximum Gasteiger partial charge on any atom is 0.341 e. The molecule has 0 spiro atoms. The molecule has 0 aromatic rings. The van der Waals surface area contributed by atoms with Gasteiger partial charge in [-0.3, -0.25) is 9.59 Å². The van der Waals surface area contributed by atoms with E-state index in [9.17, 15) is 19.5 Å². The smallest absolute Gasteiger partial charge is 0.341 e. The summed E-state index contributed by atoms with van der Waals surface area (Å²) in [5, 5.41) is 10.2. The first kappa shape index (κ1) is 20.2. The van der Waals surface area contributed by atoms with Crippen LogP contribution in [-0.2, 0) is 23.9 Å². The van der Waals surface area contributed by atoms with E-state index in [2.05, 4.69) is 0 Å². The number of Topliss-reactive ketones (excluding diaryl/α,β-unsaturated/α-hetero) is 1. The minimum atomic E-state index is -0.826. The van der Waals surface area contributed by atoms with Crippen molar-refractivity contribution in [2.45, 2.75) is 58.8 Å². The fourth-order valence-electron chi connectivity index (χ4n) is 3.75. The van der Waals surface area contributed by atoms with Crippen molar-refractivity contribution in [3.8, 4) is 0 Å². The third-order valence-corrected chi connectivity index (χ3v) is 4.97. The number of carbonyl (C=O) groups is 3. The van der Waals surface area contributed by atoms with E-state index in [-0.39, 0.29) is 36.2 Å². The number of aliphatic hydroxyl groups excluding tert-OH is 1. The molecule has 2 rings (SSSR count). The van der Waals surface area contributed by atoms with Crippen LogP contribution >= 0.6 is 0 Å². The fourth-order valence-corrected chi connectivity index (χ4v) is 3.75. The minimum Gasteiger partial charge on any atom is -0.511 e. The van der Waals surface area contributed by atoms with Crippen LogP contribution in [0.15, 0.2) is 23.0 Å². The summed E-state index contributed by atoms with van der Waals surface area (Å²) in [6.45, 7) is 3.87. The van der Waals surface area contributed by atoms with Crippen LogP contribution in [0.1, 0.15) is 58.8 Å². The second-order valence-corrected chi connectivity index (χ2v) is 6.70. The van der Waals surface area contributed by atoms with Crippen molar-refractivity contribution in [1.82, 2.24) is 0 Å². The SMILES string of the molecule is CCOC(=O)C1=C(O)CCCC(C2CCCCC(=O)C2C(=O)OCC)=C1. The van der Waals surface area contributed by atoms with Gasteiger partial charge in [0.25, 0.3) is 0 Å². The highest BCUT2D eigenvalue weighted by Gasteiger charge is 2.39. The molecule has 0 saturated heterocycles. The van der Waals surface area contributed by atoms with Crippen LogP contribution in [0, 0.1) is 11.8 Å². The Labute approximate surface area is 154 Å². The Kier molecular flexibility index (Phi) is 7.42. The number of allylic oxidation sites excluding steroid dienone is 2. The number of hydrogen-bond donors (Lipinski definition) is 1. The van der Waals surface area contributed by atoms with Crippen LogP contribution in [0.3, 0.4) is 0 Å². The maximum absolute atomic E-state index is 12.6. The topological polar surface area (TPSA) is 89.9 Å². The van der Waals surface area contributed by atoms with Crippen molar-refractivity contribution < 1.29 is 29.0 Å². The van der Waals surface area contributed by atoms with Crippen LogP contribution < -0.4 is 0 Å². The van der Waals surface area contributed by atoms with Gasteiger partial charge in [0, 0.05) is 18.8 Å². The summed E-state index contributed by atoms with van der Waals surface area (Å²) in [6, 6.07) is 0. The van der Waals surface area contributed by atoms with Crippen molar-refractivity contribution in [3.63, 3.8) is 0 Å². The molecule has 6 nitrogen and oxygen atoms in total. The zero-order valence-electron chi connectivity index (χ0n) is 15.6. The second-order valence-electron chi connectivity index (χ2n) is 6.70. The molecule has 2 atom stereocenters. The van der Waals surface area contributed by atoms with Crippen LogP contribution in [0.2, 0.25) is 0 Å². The number of esters is 2. The van der Waals surface area contributed by atoms with Gasteiger partial charge in [-0.15, -0.1) is 0 Å². The van der Waals surface area contributed by atoms with E-state index < -0.39 is 17.9 Å². The number of aliphatic hydroxyl groups is 1. The van der Waals surface area contributed by atoms with Gasteiger partial charge in [0.2, 0.25) is 0 Å². The Morgan fingerprint density at radius 1 is 1.08 bits per heavy atom. The van der Waals surface area contributed by atoms with E-state index in [1.165, 1.54) is 0 Å². The van der Waals surface area contributed by atoms with Crippen molar-refractivity contribution >= 4 is 17.7 Å². The van der Waals surface area contributed by atoms with Gasteiger partial charge in [0.1, 0.15) is 17.5 Å².